The van der Waals surface area contributed by atoms with Crippen LogP contribution >= 0.6 is 0 Å². The highest BCUT2D eigenvalue weighted by Crippen LogP contribution is 2.14. The summed E-state index contributed by atoms with van der Waals surface area (Å²) in [4.78, 5) is 23.4. The molecule has 0 radical (unpaired) electrons. The van der Waals surface area contributed by atoms with E-state index in [2.05, 4.69) is 15.8 Å². The SMILES string of the molecule is COc1ccc(NC(=O)C(=O)N/N=C(\C)c2ccco2)cc1. The second-order valence-corrected chi connectivity index (χ2v) is 4.30. The molecule has 7 nitrogen and oxygen atoms in total. The number of hydrazone groups is 1. The van der Waals surface area contributed by atoms with E-state index in [1.54, 1.807) is 50.4 Å². The lowest BCUT2D eigenvalue weighted by atomic mass is 10.3. The summed E-state index contributed by atoms with van der Waals surface area (Å²) < 4.78 is 10.1. The lowest BCUT2D eigenvalue weighted by Crippen LogP contribution is -2.32. The molecule has 0 saturated carbocycles. The van der Waals surface area contributed by atoms with Crippen molar-refractivity contribution in [3.8, 4) is 5.75 Å². The molecule has 0 atom stereocenters. The Morgan fingerprint density at radius 2 is 1.86 bits per heavy atom. The first-order chi connectivity index (χ1) is 10.6. The van der Waals surface area contributed by atoms with Crippen molar-refractivity contribution >= 4 is 23.2 Å². The summed E-state index contributed by atoms with van der Waals surface area (Å²) in [7, 11) is 1.54. The quantitative estimate of drug-likeness (QED) is 0.511. The van der Waals surface area contributed by atoms with Crippen LogP contribution in [0.1, 0.15) is 12.7 Å². The lowest BCUT2D eigenvalue weighted by molar-refractivity contribution is -0.136. The fraction of sp³-hybridized carbons (Fsp3) is 0.133. The predicted octanol–water partition coefficient (Wildman–Crippen LogP) is 1.77. The average molecular weight is 301 g/mol. The van der Waals surface area contributed by atoms with Crippen molar-refractivity contribution in [1.82, 2.24) is 5.43 Å². The van der Waals surface area contributed by atoms with Crippen LogP contribution in [0.5, 0.6) is 5.75 Å². The molecular formula is C15H15N3O4. The van der Waals surface area contributed by atoms with Crippen LogP contribution in [0.2, 0.25) is 0 Å². The van der Waals surface area contributed by atoms with Gasteiger partial charge >= 0.3 is 11.8 Å². The number of nitrogens with zero attached hydrogens (tertiary/aromatic N) is 1. The van der Waals surface area contributed by atoms with Gasteiger partial charge in [-0.15, -0.1) is 0 Å². The summed E-state index contributed by atoms with van der Waals surface area (Å²) in [6.45, 7) is 1.65. The number of nitrogens with one attached hydrogen (secondary N) is 2. The molecule has 1 heterocycles. The largest absolute Gasteiger partial charge is 0.497 e. The van der Waals surface area contributed by atoms with Gasteiger partial charge in [-0.2, -0.15) is 5.10 Å². The molecule has 0 fully saturated rings. The monoisotopic (exact) mass is 301 g/mol. The Bertz CT molecular complexity index is 675. The van der Waals surface area contributed by atoms with Gasteiger partial charge in [-0.1, -0.05) is 0 Å². The fourth-order valence-electron chi connectivity index (χ4n) is 1.59. The van der Waals surface area contributed by atoms with Crippen molar-refractivity contribution in [2.75, 3.05) is 12.4 Å². The minimum atomic E-state index is -0.873. The van der Waals surface area contributed by atoms with E-state index in [1.807, 2.05) is 0 Å². The topological polar surface area (TPSA) is 92.9 Å². The van der Waals surface area contributed by atoms with Gasteiger partial charge in [-0.05, 0) is 43.3 Å². The highest BCUT2D eigenvalue weighted by Gasteiger charge is 2.13. The number of furan rings is 1. The maximum absolute atomic E-state index is 11.7. The smallest absolute Gasteiger partial charge is 0.329 e. The van der Waals surface area contributed by atoms with Crippen LogP contribution in [0.15, 0.2) is 52.2 Å². The first-order valence-corrected chi connectivity index (χ1v) is 6.43. The van der Waals surface area contributed by atoms with E-state index < -0.39 is 11.8 Å². The summed E-state index contributed by atoms with van der Waals surface area (Å²) in [5.41, 5.74) is 3.10. The molecule has 2 N–H and O–H groups in total. The number of hydrogen-bond donors (Lipinski definition) is 2. The van der Waals surface area contributed by atoms with Crippen LogP contribution < -0.4 is 15.5 Å². The van der Waals surface area contributed by atoms with Gasteiger partial charge in [0.25, 0.3) is 0 Å². The highest BCUT2D eigenvalue weighted by molar-refractivity contribution is 6.39. The number of benzene rings is 1. The number of anilines is 1. The number of carbonyl (C=O) groups is 2. The normalized spacial score (nSPS) is 10.9. The Labute approximate surface area is 127 Å². The summed E-state index contributed by atoms with van der Waals surface area (Å²) in [5.74, 6) is -0.528. The Morgan fingerprint density at radius 1 is 1.14 bits per heavy atom. The first-order valence-electron chi connectivity index (χ1n) is 6.43. The van der Waals surface area contributed by atoms with E-state index in [0.717, 1.165) is 0 Å². The van der Waals surface area contributed by atoms with Crippen molar-refractivity contribution in [1.29, 1.82) is 0 Å². The van der Waals surface area contributed by atoms with Gasteiger partial charge in [-0.3, -0.25) is 9.59 Å². The minimum absolute atomic E-state index is 0.454. The molecule has 7 heteroatoms. The minimum Gasteiger partial charge on any atom is -0.497 e. The van der Waals surface area contributed by atoms with E-state index in [4.69, 9.17) is 9.15 Å². The second kappa shape index (κ2) is 7.07. The van der Waals surface area contributed by atoms with Crippen molar-refractivity contribution in [2.24, 2.45) is 5.10 Å². The predicted molar refractivity (Wildman–Crippen MR) is 80.7 cm³/mol. The van der Waals surface area contributed by atoms with Gasteiger partial charge in [0.05, 0.1) is 13.4 Å². The van der Waals surface area contributed by atoms with Crippen LogP contribution in [-0.4, -0.2) is 24.6 Å². The number of rotatable bonds is 4. The molecule has 0 aliphatic heterocycles. The molecule has 2 rings (SSSR count). The summed E-state index contributed by atoms with van der Waals surface area (Å²) in [6, 6.07) is 10.00. The van der Waals surface area contributed by atoms with Crippen LogP contribution in [0, 0.1) is 0 Å². The van der Waals surface area contributed by atoms with Crippen LogP contribution in [-0.2, 0) is 9.59 Å². The van der Waals surface area contributed by atoms with Crippen LogP contribution in [0.4, 0.5) is 5.69 Å². The molecule has 1 aromatic carbocycles. The zero-order chi connectivity index (χ0) is 15.9. The van der Waals surface area contributed by atoms with Crippen molar-refractivity contribution < 1.29 is 18.7 Å². The van der Waals surface area contributed by atoms with E-state index in [-0.39, 0.29) is 0 Å². The van der Waals surface area contributed by atoms with Crippen molar-refractivity contribution in [3.05, 3.63) is 48.4 Å². The standard InChI is InChI=1S/C15H15N3O4/c1-10(13-4-3-9-22-13)17-18-15(20)14(19)16-11-5-7-12(21-2)8-6-11/h3-9H,1-2H3,(H,16,19)(H,18,20)/b17-10+. The summed E-state index contributed by atoms with van der Waals surface area (Å²) >= 11 is 0. The van der Waals surface area contributed by atoms with Crippen LogP contribution in [0.3, 0.4) is 0 Å². The summed E-state index contributed by atoms with van der Waals surface area (Å²) in [6.07, 6.45) is 1.49. The maximum Gasteiger partial charge on any atom is 0.329 e. The Kier molecular flexibility index (Phi) is 4.92. The van der Waals surface area contributed by atoms with Gasteiger partial charge in [0.1, 0.15) is 17.2 Å². The molecule has 0 unspecified atom stereocenters. The number of amides is 2. The van der Waals surface area contributed by atoms with E-state index in [9.17, 15) is 9.59 Å². The Morgan fingerprint density at radius 3 is 2.45 bits per heavy atom. The molecule has 1 aromatic heterocycles. The van der Waals surface area contributed by atoms with Crippen molar-refractivity contribution in [2.45, 2.75) is 6.92 Å². The second-order valence-electron chi connectivity index (χ2n) is 4.30. The zero-order valence-electron chi connectivity index (χ0n) is 12.1. The van der Waals surface area contributed by atoms with E-state index in [1.165, 1.54) is 6.26 Å². The molecule has 0 spiro atoms. The zero-order valence-corrected chi connectivity index (χ0v) is 12.1. The van der Waals surface area contributed by atoms with Crippen molar-refractivity contribution in [3.63, 3.8) is 0 Å². The molecule has 2 aromatic rings. The third-order valence-electron chi connectivity index (χ3n) is 2.76. The van der Waals surface area contributed by atoms with Gasteiger partial charge in [0.2, 0.25) is 0 Å². The number of hydrogen-bond acceptors (Lipinski definition) is 5. The van der Waals surface area contributed by atoms with Gasteiger partial charge in [-0.25, -0.2) is 5.43 Å². The van der Waals surface area contributed by atoms with E-state index in [0.29, 0.717) is 22.9 Å². The number of methoxy groups -OCH3 is 1. The molecule has 114 valence electrons. The molecule has 0 aliphatic carbocycles. The Balaban J connectivity index is 1.91. The molecule has 2 amide bonds. The van der Waals surface area contributed by atoms with Gasteiger partial charge in [0, 0.05) is 5.69 Å². The maximum atomic E-state index is 11.7. The van der Waals surface area contributed by atoms with Crippen LogP contribution in [0.25, 0.3) is 0 Å². The lowest BCUT2D eigenvalue weighted by Gasteiger charge is -2.05. The molecule has 0 aliphatic rings. The molecule has 22 heavy (non-hydrogen) atoms. The fourth-order valence-corrected chi connectivity index (χ4v) is 1.59. The highest BCUT2D eigenvalue weighted by atomic mass is 16.5. The van der Waals surface area contributed by atoms with Gasteiger partial charge in [0.15, 0.2) is 0 Å². The molecule has 0 saturated heterocycles. The average Bonchev–Trinajstić information content (AvgIpc) is 3.07. The first kappa shape index (κ1) is 15.3. The Hall–Kier alpha value is -3.09. The number of ether oxygens (including phenoxy) is 1. The third-order valence-corrected chi connectivity index (χ3v) is 2.76. The number of carbonyl (C=O) groups excluding carboxylic acids is 2. The van der Waals surface area contributed by atoms with E-state index >= 15 is 0 Å². The van der Waals surface area contributed by atoms with Gasteiger partial charge < -0.3 is 14.5 Å². The summed E-state index contributed by atoms with van der Waals surface area (Å²) in [5, 5.41) is 6.25. The molecular weight excluding hydrogens is 286 g/mol. The third kappa shape index (κ3) is 3.95. The molecule has 0 bridgehead atoms.